The van der Waals surface area contributed by atoms with Crippen molar-refractivity contribution in [3.8, 4) is 5.75 Å². The van der Waals surface area contributed by atoms with E-state index in [0.717, 1.165) is 12.1 Å². The summed E-state index contributed by atoms with van der Waals surface area (Å²) in [6.07, 6.45) is 2.09. The summed E-state index contributed by atoms with van der Waals surface area (Å²) in [5.41, 5.74) is 0.243. The molecular weight excluding hydrogens is 376 g/mol. The van der Waals surface area contributed by atoms with Crippen LogP contribution in [0, 0.1) is 5.41 Å². The van der Waals surface area contributed by atoms with Crippen molar-refractivity contribution in [1.82, 2.24) is 4.31 Å². The molecule has 2 aliphatic rings. The second-order valence-electron chi connectivity index (χ2n) is 7.44. The highest BCUT2D eigenvalue weighted by Crippen LogP contribution is 2.43. The smallest absolute Gasteiger partial charge is 0.243 e. The Hall–Kier alpha value is -2.38. The maximum atomic E-state index is 13.3. The summed E-state index contributed by atoms with van der Waals surface area (Å²) in [7, 11) is -2.11. The number of carbonyl (C=O) groups is 1. The molecule has 0 N–H and O–H groups in total. The lowest BCUT2D eigenvalue weighted by Crippen LogP contribution is -2.49. The van der Waals surface area contributed by atoms with Crippen molar-refractivity contribution >= 4 is 21.6 Å². The fraction of sp³-hybridized carbons (Fsp3) is 0.381. The number of amides is 1. The van der Waals surface area contributed by atoms with Crippen molar-refractivity contribution in [2.75, 3.05) is 31.6 Å². The van der Waals surface area contributed by atoms with E-state index in [1.165, 1.54) is 4.31 Å². The fourth-order valence-corrected chi connectivity index (χ4v) is 5.81. The van der Waals surface area contributed by atoms with Crippen LogP contribution < -0.4 is 9.64 Å². The molecule has 28 heavy (non-hydrogen) atoms. The average Bonchev–Trinajstić information content (AvgIpc) is 3.04. The van der Waals surface area contributed by atoms with Gasteiger partial charge in [0.15, 0.2) is 0 Å². The lowest BCUT2D eigenvalue weighted by atomic mass is 9.79. The van der Waals surface area contributed by atoms with E-state index in [1.807, 2.05) is 30.3 Å². The Labute approximate surface area is 165 Å². The molecule has 0 aliphatic carbocycles. The molecule has 148 valence electrons. The van der Waals surface area contributed by atoms with Crippen LogP contribution in [0.5, 0.6) is 5.75 Å². The van der Waals surface area contributed by atoms with E-state index < -0.39 is 15.4 Å². The van der Waals surface area contributed by atoms with Gasteiger partial charge in [0.1, 0.15) is 5.75 Å². The molecule has 0 aromatic heterocycles. The van der Waals surface area contributed by atoms with Gasteiger partial charge in [-0.05, 0) is 55.7 Å². The molecule has 1 atom stereocenters. The molecule has 4 rings (SSSR count). The van der Waals surface area contributed by atoms with Crippen LogP contribution in [0.3, 0.4) is 0 Å². The van der Waals surface area contributed by atoms with Crippen LogP contribution in [0.2, 0.25) is 0 Å². The molecule has 2 aromatic carbocycles. The molecule has 2 aromatic rings. The third kappa shape index (κ3) is 3.18. The van der Waals surface area contributed by atoms with Gasteiger partial charge in [-0.1, -0.05) is 18.2 Å². The molecule has 0 bridgehead atoms. The van der Waals surface area contributed by atoms with Crippen LogP contribution in [0.4, 0.5) is 5.69 Å². The normalized spacial score (nSPS) is 23.3. The molecule has 0 saturated carbocycles. The van der Waals surface area contributed by atoms with Gasteiger partial charge in [0, 0.05) is 25.3 Å². The van der Waals surface area contributed by atoms with Crippen LogP contribution in [-0.4, -0.2) is 45.4 Å². The molecule has 0 radical (unpaired) electrons. The average molecular weight is 401 g/mol. The van der Waals surface area contributed by atoms with Gasteiger partial charge in [-0.3, -0.25) is 4.79 Å². The van der Waals surface area contributed by atoms with Gasteiger partial charge in [0.05, 0.1) is 17.4 Å². The third-order valence-corrected chi connectivity index (χ3v) is 7.68. The minimum absolute atomic E-state index is 0.0355. The van der Waals surface area contributed by atoms with E-state index >= 15 is 0 Å². The third-order valence-electron chi connectivity index (χ3n) is 5.82. The summed E-state index contributed by atoms with van der Waals surface area (Å²) >= 11 is 0. The van der Waals surface area contributed by atoms with Crippen molar-refractivity contribution < 1.29 is 17.9 Å². The number of sulfonamides is 1. The number of hydrogen-bond acceptors (Lipinski definition) is 4. The van der Waals surface area contributed by atoms with E-state index in [0.29, 0.717) is 31.7 Å². The van der Waals surface area contributed by atoms with E-state index in [2.05, 4.69) is 0 Å². The molecule has 7 heteroatoms. The Morgan fingerprint density at radius 3 is 2.36 bits per heavy atom. The monoisotopic (exact) mass is 400 g/mol. The summed E-state index contributed by atoms with van der Waals surface area (Å²) in [5, 5.41) is 0. The highest BCUT2D eigenvalue weighted by atomic mass is 32.2. The zero-order chi connectivity index (χ0) is 19.8. The molecule has 1 unspecified atom stereocenters. The maximum absolute atomic E-state index is 13.3. The molecular formula is C21H24N2O4S. The number of para-hydroxylation sites is 1. The predicted octanol–water partition coefficient (Wildman–Crippen LogP) is 2.90. The van der Waals surface area contributed by atoms with Crippen molar-refractivity contribution in [2.24, 2.45) is 5.41 Å². The van der Waals surface area contributed by atoms with Gasteiger partial charge >= 0.3 is 0 Å². The minimum Gasteiger partial charge on any atom is -0.497 e. The van der Waals surface area contributed by atoms with Crippen molar-refractivity contribution in [3.63, 3.8) is 0 Å². The Morgan fingerprint density at radius 2 is 1.68 bits per heavy atom. The zero-order valence-electron chi connectivity index (χ0n) is 15.9. The molecule has 2 heterocycles. The van der Waals surface area contributed by atoms with Gasteiger partial charge in [-0.25, -0.2) is 8.42 Å². The van der Waals surface area contributed by atoms with E-state index in [-0.39, 0.29) is 17.3 Å². The molecule has 6 nitrogen and oxygen atoms in total. The maximum Gasteiger partial charge on any atom is 0.243 e. The van der Waals surface area contributed by atoms with E-state index in [1.54, 1.807) is 36.3 Å². The van der Waals surface area contributed by atoms with Crippen molar-refractivity contribution in [1.29, 1.82) is 0 Å². The van der Waals surface area contributed by atoms with Gasteiger partial charge in [-0.2, -0.15) is 4.31 Å². The summed E-state index contributed by atoms with van der Waals surface area (Å²) in [6, 6.07) is 16.0. The van der Waals surface area contributed by atoms with Crippen LogP contribution in [0.25, 0.3) is 0 Å². The minimum atomic E-state index is -3.65. The first-order chi connectivity index (χ1) is 13.5. The van der Waals surface area contributed by atoms with Crippen LogP contribution in [-0.2, 0) is 14.8 Å². The Morgan fingerprint density at radius 1 is 0.964 bits per heavy atom. The lowest BCUT2D eigenvalue weighted by molar-refractivity contribution is -0.127. The topological polar surface area (TPSA) is 66.9 Å². The quantitative estimate of drug-likeness (QED) is 0.792. The number of hydrogen-bond donors (Lipinski definition) is 0. The number of anilines is 1. The number of ether oxygens (including phenoxy) is 1. The summed E-state index contributed by atoms with van der Waals surface area (Å²) < 4.78 is 32.9. The second kappa shape index (κ2) is 7.22. The van der Waals surface area contributed by atoms with E-state index in [9.17, 15) is 13.2 Å². The summed E-state index contributed by atoms with van der Waals surface area (Å²) in [4.78, 5) is 15.3. The number of piperidine rings is 1. The molecule has 2 saturated heterocycles. The molecule has 1 amide bonds. The SMILES string of the molecule is COc1ccc(S(=O)(=O)N2CCCC3(CCN(c4ccccc4)C3=O)C2)cc1. The zero-order valence-corrected chi connectivity index (χ0v) is 16.7. The van der Waals surface area contributed by atoms with Gasteiger partial charge < -0.3 is 9.64 Å². The van der Waals surface area contributed by atoms with Crippen LogP contribution in [0.15, 0.2) is 59.5 Å². The largest absolute Gasteiger partial charge is 0.497 e. The Kier molecular flexibility index (Phi) is 4.89. The van der Waals surface area contributed by atoms with E-state index in [4.69, 9.17) is 4.74 Å². The van der Waals surface area contributed by atoms with Gasteiger partial charge in [0.25, 0.3) is 0 Å². The van der Waals surface area contributed by atoms with Crippen LogP contribution >= 0.6 is 0 Å². The number of nitrogens with zero attached hydrogens (tertiary/aromatic N) is 2. The summed E-state index contributed by atoms with van der Waals surface area (Å²) in [5.74, 6) is 0.645. The summed E-state index contributed by atoms with van der Waals surface area (Å²) in [6.45, 7) is 1.30. The number of methoxy groups -OCH3 is 1. The van der Waals surface area contributed by atoms with Crippen LogP contribution in [0.1, 0.15) is 19.3 Å². The Balaban J connectivity index is 1.58. The molecule has 2 fully saturated rings. The number of benzene rings is 2. The lowest BCUT2D eigenvalue weighted by Gasteiger charge is -2.38. The van der Waals surface area contributed by atoms with Gasteiger partial charge in [0.2, 0.25) is 15.9 Å². The Bertz CT molecular complexity index is 960. The van der Waals surface area contributed by atoms with Gasteiger partial charge in [-0.15, -0.1) is 0 Å². The molecule has 2 aliphatic heterocycles. The highest BCUT2D eigenvalue weighted by molar-refractivity contribution is 7.89. The number of rotatable bonds is 4. The first-order valence-electron chi connectivity index (χ1n) is 9.48. The van der Waals surface area contributed by atoms with Crippen molar-refractivity contribution in [3.05, 3.63) is 54.6 Å². The number of carbonyl (C=O) groups excluding carboxylic acids is 1. The molecule has 1 spiro atoms. The first-order valence-corrected chi connectivity index (χ1v) is 10.9. The predicted molar refractivity (Wildman–Crippen MR) is 107 cm³/mol. The fourth-order valence-electron chi connectivity index (χ4n) is 4.24. The standard InChI is InChI=1S/C21H24N2O4S/c1-27-18-8-10-19(11-9-18)28(25,26)22-14-5-12-21(16-22)13-15-23(20(21)24)17-6-3-2-4-7-17/h2-4,6-11H,5,12-16H2,1H3. The second-order valence-corrected chi connectivity index (χ2v) is 9.38. The highest BCUT2D eigenvalue weighted by Gasteiger charge is 2.51. The first kappa shape index (κ1) is 19.0. The van der Waals surface area contributed by atoms with Crippen molar-refractivity contribution in [2.45, 2.75) is 24.2 Å².